The zero-order valence-corrected chi connectivity index (χ0v) is 19.4. The van der Waals surface area contributed by atoms with Crippen LogP contribution in [-0.4, -0.2) is 32.8 Å². The molecule has 0 bridgehead atoms. The molecule has 32 heavy (non-hydrogen) atoms. The van der Waals surface area contributed by atoms with Crippen LogP contribution in [-0.2, 0) is 10.0 Å². The van der Waals surface area contributed by atoms with Crippen molar-refractivity contribution in [1.82, 2.24) is 4.41 Å². The summed E-state index contributed by atoms with van der Waals surface area (Å²) in [7, 11) is -0.748. The summed E-state index contributed by atoms with van der Waals surface area (Å²) in [5.74, 6) is 1.21. The molecule has 0 radical (unpaired) electrons. The van der Waals surface area contributed by atoms with Gasteiger partial charge in [-0.2, -0.15) is 17.9 Å². The van der Waals surface area contributed by atoms with Gasteiger partial charge in [0.25, 0.3) is 10.0 Å². The lowest BCUT2D eigenvalue weighted by molar-refractivity contribution is 0.346. The highest BCUT2D eigenvalue weighted by Crippen LogP contribution is 2.42. The molecule has 0 saturated carbocycles. The molecule has 0 fully saturated rings. The maximum atomic E-state index is 13.7. The Morgan fingerprint density at radius 3 is 2.09 bits per heavy atom. The van der Waals surface area contributed by atoms with Crippen LogP contribution in [0.3, 0.4) is 0 Å². The van der Waals surface area contributed by atoms with Gasteiger partial charge < -0.3 is 9.47 Å². The predicted octanol–water partition coefficient (Wildman–Crippen LogP) is 4.86. The Bertz CT molecular complexity index is 1250. The summed E-state index contributed by atoms with van der Waals surface area (Å²) in [5.41, 5.74) is 4.41. The van der Waals surface area contributed by atoms with E-state index in [2.05, 4.69) is 5.10 Å². The van der Waals surface area contributed by atoms with E-state index < -0.39 is 16.1 Å². The zero-order valence-electron chi connectivity index (χ0n) is 18.6. The van der Waals surface area contributed by atoms with Gasteiger partial charge in [0.2, 0.25) is 0 Å². The maximum absolute atomic E-state index is 13.7. The molecule has 6 nitrogen and oxygen atoms in total. The third kappa shape index (κ3) is 4.08. The van der Waals surface area contributed by atoms with Crippen LogP contribution in [0.5, 0.6) is 11.5 Å². The van der Waals surface area contributed by atoms with E-state index in [1.807, 2.05) is 44.2 Å². The Hall–Kier alpha value is -3.32. The minimum atomic E-state index is -3.90. The number of benzene rings is 3. The van der Waals surface area contributed by atoms with Crippen molar-refractivity contribution in [3.05, 3.63) is 89.0 Å². The zero-order chi connectivity index (χ0) is 22.9. The summed E-state index contributed by atoms with van der Waals surface area (Å²) >= 11 is 0. The Morgan fingerprint density at radius 1 is 0.875 bits per heavy atom. The molecule has 0 unspecified atom stereocenters. The van der Waals surface area contributed by atoms with Gasteiger partial charge in [-0.15, -0.1) is 0 Å². The highest BCUT2D eigenvalue weighted by molar-refractivity contribution is 7.89. The minimum absolute atomic E-state index is 0.198. The number of hydrogen-bond acceptors (Lipinski definition) is 5. The van der Waals surface area contributed by atoms with E-state index in [1.54, 1.807) is 50.6 Å². The van der Waals surface area contributed by atoms with Crippen molar-refractivity contribution in [3.63, 3.8) is 0 Å². The number of hydrogen-bond donors (Lipinski definition) is 0. The van der Waals surface area contributed by atoms with Gasteiger partial charge in [-0.3, -0.25) is 0 Å². The van der Waals surface area contributed by atoms with Crippen molar-refractivity contribution in [2.75, 3.05) is 14.2 Å². The first-order valence-corrected chi connectivity index (χ1v) is 11.7. The van der Waals surface area contributed by atoms with Gasteiger partial charge in [-0.1, -0.05) is 47.5 Å². The van der Waals surface area contributed by atoms with E-state index in [1.165, 1.54) is 4.41 Å². The van der Waals surface area contributed by atoms with Crippen molar-refractivity contribution in [2.24, 2.45) is 5.10 Å². The lowest BCUT2D eigenvalue weighted by Crippen LogP contribution is -2.27. The number of ether oxygens (including phenoxy) is 2. The highest BCUT2D eigenvalue weighted by atomic mass is 32.2. The summed E-state index contributed by atoms with van der Waals surface area (Å²) in [4.78, 5) is 0.198. The first-order chi connectivity index (χ1) is 15.3. The van der Waals surface area contributed by atoms with Gasteiger partial charge in [0, 0.05) is 12.0 Å². The third-order valence-corrected chi connectivity index (χ3v) is 7.31. The minimum Gasteiger partial charge on any atom is -0.497 e. The molecule has 1 heterocycles. The smallest absolute Gasteiger partial charge is 0.279 e. The first-order valence-electron chi connectivity index (χ1n) is 10.3. The van der Waals surface area contributed by atoms with Crippen molar-refractivity contribution in [1.29, 1.82) is 0 Å². The Morgan fingerprint density at radius 2 is 1.50 bits per heavy atom. The van der Waals surface area contributed by atoms with Crippen LogP contribution in [0, 0.1) is 13.8 Å². The topological polar surface area (TPSA) is 68.2 Å². The summed E-state index contributed by atoms with van der Waals surface area (Å²) in [6.45, 7) is 3.93. The second-order valence-corrected chi connectivity index (χ2v) is 9.63. The molecule has 0 spiro atoms. The SMILES string of the molecule is COc1ccc(OC)c([C@@H]2CC(c3ccc(C)cc3)=NN2S(=O)(=O)c2ccc(C)cc2)c1. The summed E-state index contributed by atoms with van der Waals surface area (Å²) < 4.78 is 39.5. The first kappa shape index (κ1) is 21.9. The molecule has 3 aromatic carbocycles. The molecule has 0 saturated heterocycles. The van der Waals surface area contributed by atoms with Crippen LogP contribution < -0.4 is 9.47 Å². The largest absolute Gasteiger partial charge is 0.497 e. The fourth-order valence-electron chi connectivity index (χ4n) is 3.78. The second kappa shape index (κ2) is 8.67. The van der Waals surface area contributed by atoms with E-state index in [9.17, 15) is 8.42 Å². The molecule has 4 rings (SSSR count). The van der Waals surface area contributed by atoms with Gasteiger partial charge >= 0.3 is 0 Å². The molecule has 0 aliphatic carbocycles. The normalized spacial score (nSPS) is 16.1. The van der Waals surface area contributed by atoms with Crippen LogP contribution in [0.15, 0.2) is 76.7 Å². The van der Waals surface area contributed by atoms with E-state index >= 15 is 0 Å². The fraction of sp³-hybridized carbons (Fsp3) is 0.240. The quantitative estimate of drug-likeness (QED) is 0.538. The predicted molar refractivity (Wildman–Crippen MR) is 125 cm³/mol. The summed E-state index contributed by atoms with van der Waals surface area (Å²) in [5, 5.41) is 4.61. The van der Waals surface area contributed by atoms with E-state index in [4.69, 9.17) is 9.47 Å². The molecule has 1 aliphatic rings. The number of aryl methyl sites for hydroxylation is 2. The monoisotopic (exact) mass is 450 g/mol. The molecule has 1 aliphatic heterocycles. The Labute approximate surface area is 189 Å². The van der Waals surface area contributed by atoms with E-state index in [0.29, 0.717) is 29.2 Å². The van der Waals surface area contributed by atoms with Gasteiger partial charge in [0.15, 0.2) is 0 Å². The lowest BCUT2D eigenvalue weighted by atomic mass is 9.97. The number of methoxy groups -OCH3 is 2. The Balaban J connectivity index is 1.85. The van der Waals surface area contributed by atoms with E-state index in [0.717, 1.165) is 16.7 Å². The average molecular weight is 451 g/mol. The maximum Gasteiger partial charge on any atom is 0.279 e. The molecule has 0 N–H and O–H groups in total. The molecule has 7 heteroatoms. The molecule has 0 amide bonds. The Kier molecular flexibility index (Phi) is 5.93. The highest BCUT2D eigenvalue weighted by Gasteiger charge is 2.39. The number of sulfonamides is 1. The number of hydrazone groups is 1. The number of rotatable bonds is 6. The van der Waals surface area contributed by atoms with Gasteiger partial charge in [-0.25, -0.2) is 0 Å². The molecule has 0 aromatic heterocycles. The summed E-state index contributed by atoms with van der Waals surface area (Å²) in [6, 6.07) is 19.6. The second-order valence-electron chi connectivity index (χ2n) is 7.83. The van der Waals surface area contributed by atoms with Crippen LogP contribution in [0.4, 0.5) is 0 Å². The molecular formula is C25H26N2O4S. The van der Waals surface area contributed by atoms with E-state index in [-0.39, 0.29) is 4.90 Å². The number of nitrogens with zero attached hydrogens (tertiary/aromatic N) is 2. The average Bonchev–Trinajstić information content (AvgIpc) is 3.25. The fourth-order valence-corrected chi connectivity index (χ4v) is 5.21. The molecule has 3 aromatic rings. The third-order valence-electron chi connectivity index (χ3n) is 5.62. The van der Waals surface area contributed by atoms with Crippen molar-refractivity contribution in [2.45, 2.75) is 31.2 Å². The van der Waals surface area contributed by atoms with Crippen LogP contribution in [0.1, 0.15) is 34.7 Å². The lowest BCUT2D eigenvalue weighted by Gasteiger charge is -2.25. The van der Waals surface area contributed by atoms with Crippen LogP contribution >= 0.6 is 0 Å². The van der Waals surface area contributed by atoms with Crippen LogP contribution in [0.25, 0.3) is 0 Å². The molecular weight excluding hydrogens is 424 g/mol. The molecule has 1 atom stereocenters. The van der Waals surface area contributed by atoms with Crippen molar-refractivity contribution < 1.29 is 17.9 Å². The van der Waals surface area contributed by atoms with Crippen molar-refractivity contribution in [3.8, 4) is 11.5 Å². The molecule has 166 valence electrons. The van der Waals surface area contributed by atoms with Gasteiger partial charge in [0.1, 0.15) is 11.5 Å². The van der Waals surface area contributed by atoms with Gasteiger partial charge in [-0.05, 0) is 49.7 Å². The standard InChI is InChI=1S/C25H26N2O4S/c1-17-5-9-19(10-6-17)23-16-24(22-15-20(30-3)11-14-25(22)31-4)27(26-23)32(28,29)21-12-7-18(2)8-13-21/h5-15,24H,16H2,1-4H3/t24-/m0/s1. The van der Waals surface area contributed by atoms with Gasteiger partial charge in [0.05, 0.1) is 30.9 Å². The van der Waals surface area contributed by atoms with Crippen LogP contribution in [0.2, 0.25) is 0 Å². The summed E-state index contributed by atoms with van der Waals surface area (Å²) in [6.07, 6.45) is 0.414. The van der Waals surface area contributed by atoms with Crippen molar-refractivity contribution >= 4 is 15.7 Å².